The van der Waals surface area contributed by atoms with Gasteiger partial charge in [0.1, 0.15) is 0 Å². The van der Waals surface area contributed by atoms with Crippen molar-refractivity contribution >= 4 is 11.3 Å². The van der Waals surface area contributed by atoms with Crippen LogP contribution in [0.15, 0.2) is 0 Å². The van der Waals surface area contributed by atoms with Gasteiger partial charge in [0.05, 0.1) is 10.7 Å². The molecule has 0 atom stereocenters. The van der Waals surface area contributed by atoms with Crippen LogP contribution >= 0.6 is 11.3 Å². The molecule has 0 radical (unpaired) electrons. The maximum Gasteiger partial charge on any atom is 0.0944 e. The summed E-state index contributed by atoms with van der Waals surface area (Å²) in [4.78, 5) is 8.81. The second-order valence-electron chi connectivity index (χ2n) is 6.65. The molecule has 0 unspecified atom stereocenters. The summed E-state index contributed by atoms with van der Waals surface area (Å²) in [7, 11) is 0. The van der Waals surface area contributed by atoms with E-state index in [1.165, 1.54) is 60.9 Å². The number of hydrogen-bond acceptors (Lipinski definition) is 4. The second-order valence-corrected chi connectivity index (χ2v) is 7.81. The van der Waals surface area contributed by atoms with Crippen molar-refractivity contribution in [3.8, 4) is 0 Å². The first-order valence-corrected chi connectivity index (χ1v) is 9.35. The molecule has 1 N–H and O–H groups in total. The fourth-order valence-corrected chi connectivity index (χ4v) is 3.88. The zero-order valence-corrected chi connectivity index (χ0v) is 14.8. The molecular formula is C17H31N3S. The molecule has 0 aromatic carbocycles. The van der Waals surface area contributed by atoms with Crippen LogP contribution < -0.4 is 5.32 Å². The number of thiazole rings is 1. The van der Waals surface area contributed by atoms with Crippen LogP contribution in [0.4, 0.5) is 0 Å². The van der Waals surface area contributed by atoms with Crippen molar-refractivity contribution in [2.75, 3.05) is 26.2 Å². The van der Waals surface area contributed by atoms with Gasteiger partial charge in [0, 0.05) is 24.4 Å². The largest absolute Gasteiger partial charge is 0.312 e. The number of hydrogen-bond donors (Lipinski definition) is 1. The first-order valence-electron chi connectivity index (χ1n) is 8.53. The first kappa shape index (κ1) is 16.9. The lowest BCUT2D eigenvalue weighted by atomic mass is 10.2. The van der Waals surface area contributed by atoms with E-state index in [-0.39, 0.29) is 0 Å². The smallest absolute Gasteiger partial charge is 0.0944 e. The molecule has 2 rings (SSSR count). The van der Waals surface area contributed by atoms with Crippen LogP contribution in [0.1, 0.15) is 55.1 Å². The molecular weight excluding hydrogens is 278 g/mol. The fourth-order valence-electron chi connectivity index (χ4n) is 2.85. The highest BCUT2D eigenvalue weighted by atomic mass is 32.1. The molecule has 0 spiro atoms. The Bertz CT molecular complexity index is 406. The Morgan fingerprint density at radius 3 is 2.57 bits per heavy atom. The van der Waals surface area contributed by atoms with Crippen molar-refractivity contribution < 1.29 is 0 Å². The highest BCUT2D eigenvalue weighted by Crippen LogP contribution is 2.19. The van der Waals surface area contributed by atoms with E-state index < -0.39 is 0 Å². The molecule has 1 aliphatic heterocycles. The van der Waals surface area contributed by atoms with Gasteiger partial charge in [0.2, 0.25) is 0 Å². The second kappa shape index (κ2) is 8.86. The predicted molar refractivity (Wildman–Crippen MR) is 92.0 cm³/mol. The Morgan fingerprint density at radius 2 is 1.90 bits per heavy atom. The summed E-state index contributed by atoms with van der Waals surface area (Å²) in [6.07, 6.45) is 6.70. The molecule has 0 bridgehead atoms. The zero-order valence-electron chi connectivity index (χ0n) is 14.0. The summed E-state index contributed by atoms with van der Waals surface area (Å²) in [6, 6.07) is 0. The SMILES string of the molecule is Cc1nc(CCN2CCCCCC2)sc1CNCC(C)C. The Morgan fingerprint density at radius 1 is 1.19 bits per heavy atom. The minimum atomic E-state index is 0.709. The number of aromatic nitrogens is 1. The van der Waals surface area contributed by atoms with Gasteiger partial charge in [-0.15, -0.1) is 11.3 Å². The minimum absolute atomic E-state index is 0.709. The Hall–Kier alpha value is -0.450. The van der Waals surface area contributed by atoms with Gasteiger partial charge in [-0.05, 0) is 45.3 Å². The molecule has 1 aromatic heterocycles. The number of nitrogens with zero attached hydrogens (tertiary/aromatic N) is 2. The summed E-state index contributed by atoms with van der Waals surface area (Å²) in [5.41, 5.74) is 1.22. The monoisotopic (exact) mass is 309 g/mol. The van der Waals surface area contributed by atoms with Crippen molar-refractivity contribution in [1.82, 2.24) is 15.2 Å². The average molecular weight is 310 g/mol. The number of nitrogens with one attached hydrogen (secondary N) is 1. The quantitative estimate of drug-likeness (QED) is 0.834. The summed E-state index contributed by atoms with van der Waals surface area (Å²) >= 11 is 1.90. The van der Waals surface area contributed by atoms with Gasteiger partial charge < -0.3 is 10.2 Å². The van der Waals surface area contributed by atoms with Crippen LogP contribution in [0.5, 0.6) is 0 Å². The highest BCUT2D eigenvalue weighted by Gasteiger charge is 2.12. The van der Waals surface area contributed by atoms with Gasteiger partial charge in [-0.3, -0.25) is 0 Å². The summed E-state index contributed by atoms with van der Waals surface area (Å²) < 4.78 is 0. The van der Waals surface area contributed by atoms with Crippen molar-refractivity contribution in [2.45, 2.75) is 59.4 Å². The van der Waals surface area contributed by atoms with E-state index in [1.807, 2.05) is 11.3 Å². The van der Waals surface area contributed by atoms with Gasteiger partial charge in [-0.25, -0.2) is 4.98 Å². The first-order chi connectivity index (χ1) is 10.1. The molecule has 0 aliphatic carbocycles. The third-order valence-electron chi connectivity index (χ3n) is 4.12. The Labute approximate surface area is 134 Å². The van der Waals surface area contributed by atoms with Crippen LogP contribution in [-0.2, 0) is 13.0 Å². The maximum absolute atomic E-state index is 4.77. The molecule has 0 saturated carbocycles. The lowest BCUT2D eigenvalue weighted by molar-refractivity contribution is 0.288. The van der Waals surface area contributed by atoms with Gasteiger partial charge >= 0.3 is 0 Å². The maximum atomic E-state index is 4.77. The zero-order chi connectivity index (χ0) is 15.1. The van der Waals surface area contributed by atoms with E-state index in [4.69, 9.17) is 4.98 Å². The molecule has 3 nitrogen and oxygen atoms in total. The van der Waals surface area contributed by atoms with Crippen LogP contribution in [0, 0.1) is 12.8 Å². The van der Waals surface area contributed by atoms with E-state index in [9.17, 15) is 0 Å². The topological polar surface area (TPSA) is 28.2 Å². The van der Waals surface area contributed by atoms with Crippen LogP contribution in [0.25, 0.3) is 0 Å². The van der Waals surface area contributed by atoms with E-state index in [0.717, 1.165) is 19.5 Å². The molecule has 1 fully saturated rings. The highest BCUT2D eigenvalue weighted by molar-refractivity contribution is 7.11. The van der Waals surface area contributed by atoms with E-state index in [2.05, 4.69) is 31.0 Å². The van der Waals surface area contributed by atoms with Gasteiger partial charge in [-0.2, -0.15) is 0 Å². The molecule has 1 aromatic rings. The van der Waals surface area contributed by atoms with Gasteiger partial charge in [0.25, 0.3) is 0 Å². The predicted octanol–water partition coefficient (Wildman–Crippen LogP) is 3.62. The molecule has 2 heterocycles. The number of rotatable bonds is 7. The molecule has 1 saturated heterocycles. The Balaban J connectivity index is 1.78. The van der Waals surface area contributed by atoms with E-state index >= 15 is 0 Å². The van der Waals surface area contributed by atoms with Crippen molar-refractivity contribution in [2.24, 2.45) is 5.92 Å². The van der Waals surface area contributed by atoms with E-state index in [1.54, 1.807) is 0 Å². The van der Waals surface area contributed by atoms with Crippen molar-refractivity contribution in [3.63, 3.8) is 0 Å². The third-order valence-corrected chi connectivity index (χ3v) is 5.33. The average Bonchev–Trinajstić information content (AvgIpc) is 2.65. The number of likely N-dealkylation sites (tertiary alicyclic amines) is 1. The molecule has 1 aliphatic rings. The standard InChI is InChI=1S/C17H31N3S/c1-14(2)12-18-13-16-15(3)19-17(21-16)8-11-20-9-6-4-5-7-10-20/h14,18H,4-13H2,1-3H3. The van der Waals surface area contributed by atoms with Gasteiger partial charge in [0.15, 0.2) is 0 Å². The normalized spacial score (nSPS) is 17.3. The summed E-state index contributed by atoms with van der Waals surface area (Å²) in [6.45, 7) is 12.5. The van der Waals surface area contributed by atoms with Crippen LogP contribution in [-0.4, -0.2) is 36.1 Å². The minimum Gasteiger partial charge on any atom is -0.312 e. The van der Waals surface area contributed by atoms with Crippen molar-refractivity contribution in [1.29, 1.82) is 0 Å². The van der Waals surface area contributed by atoms with Crippen molar-refractivity contribution in [3.05, 3.63) is 15.6 Å². The summed E-state index contributed by atoms with van der Waals surface area (Å²) in [5.74, 6) is 0.709. The lowest BCUT2D eigenvalue weighted by Gasteiger charge is -2.18. The van der Waals surface area contributed by atoms with Crippen LogP contribution in [0.3, 0.4) is 0 Å². The Kier molecular flexibility index (Phi) is 7.14. The molecule has 21 heavy (non-hydrogen) atoms. The molecule has 0 amide bonds. The molecule has 4 heteroatoms. The van der Waals surface area contributed by atoms with E-state index in [0.29, 0.717) is 5.92 Å². The van der Waals surface area contributed by atoms with Crippen LogP contribution in [0.2, 0.25) is 0 Å². The lowest BCUT2D eigenvalue weighted by Crippen LogP contribution is -2.26. The van der Waals surface area contributed by atoms with Gasteiger partial charge in [-0.1, -0.05) is 26.7 Å². The molecule has 120 valence electrons. The summed E-state index contributed by atoms with van der Waals surface area (Å²) in [5, 5.41) is 4.85. The fraction of sp³-hybridized carbons (Fsp3) is 0.824. The number of aryl methyl sites for hydroxylation is 1. The third kappa shape index (κ3) is 6.05.